The number of sulfone groups is 1. The summed E-state index contributed by atoms with van der Waals surface area (Å²) in [7, 11) is -3.16. The van der Waals surface area contributed by atoms with Crippen LogP contribution in [0.25, 0.3) is 0 Å². The van der Waals surface area contributed by atoms with Crippen LogP contribution in [0.1, 0.15) is 5.56 Å². The van der Waals surface area contributed by atoms with Crippen LogP contribution in [-0.4, -0.2) is 37.2 Å². The minimum atomic E-state index is -3.16. The number of hydrogen-bond acceptors (Lipinski definition) is 5. The molecule has 2 atom stereocenters. The lowest BCUT2D eigenvalue weighted by Gasteiger charge is -2.27. The summed E-state index contributed by atoms with van der Waals surface area (Å²) in [5.74, 6) is 0.0939. The average Bonchev–Trinajstić information content (AvgIpc) is 3.04. The minimum Gasteiger partial charge on any atom is -0.315 e. The quantitative estimate of drug-likeness (QED) is 0.556. The van der Waals surface area contributed by atoms with Crippen LogP contribution in [0.3, 0.4) is 0 Å². The second kappa shape index (κ2) is 7.80. The highest BCUT2D eigenvalue weighted by Crippen LogP contribution is 2.38. The van der Waals surface area contributed by atoms with E-state index in [4.69, 9.17) is 23.2 Å². The Morgan fingerprint density at radius 1 is 1.18 bits per heavy atom. The van der Waals surface area contributed by atoms with E-state index in [1.807, 2.05) is 4.90 Å². The Hall–Kier alpha value is -0.800. The zero-order chi connectivity index (χ0) is 20.1. The first-order valence-corrected chi connectivity index (χ1v) is 12.7. The number of anilines is 1. The monoisotopic (exact) mass is 522 g/mol. The Morgan fingerprint density at radius 3 is 2.57 bits per heavy atom. The van der Waals surface area contributed by atoms with Gasteiger partial charge in [-0.2, -0.15) is 0 Å². The third kappa shape index (κ3) is 4.21. The maximum Gasteiger partial charge on any atom is 0.164 e. The van der Waals surface area contributed by atoms with Crippen LogP contribution in [-0.2, 0) is 15.6 Å². The number of benzene rings is 2. The van der Waals surface area contributed by atoms with Crippen molar-refractivity contribution in [3.8, 4) is 0 Å². The Balaban J connectivity index is 1.65. The maximum absolute atomic E-state index is 14.2. The molecular formula is C18H14BrCl2FN2O2S2. The predicted octanol–water partition coefficient (Wildman–Crippen LogP) is 5.17. The summed E-state index contributed by atoms with van der Waals surface area (Å²) in [5, 5.41) is 1.55. The van der Waals surface area contributed by atoms with Crippen molar-refractivity contribution < 1.29 is 12.8 Å². The highest BCUT2D eigenvalue weighted by atomic mass is 79.9. The van der Waals surface area contributed by atoms with E-state index in [2.05, 4.69) is 20.9 Å². The molecule has 4 rings (SSSR count). The number of amidine groups is 1. The van der Waals surface area contributed by atoms with Crippen LogP contribution in [0.2, 0.25) is 10.0 Å². The first-order chi connectivity index (χ1) is 13.2. The summed E-state index contributed by atoms with van der Waals surface area (Å²) in [4.78, 5) is 6.50. The van der Waals surface area contributed by atoms with Gasteiger partial charge in [0.25, 0.3) is 0 Å². The molecule has 0 aromatic heterocycles. The van der Waals surface area contributed by atoms with Crippen LogP contribution < -0.4 is 4.90 Å². The fourth-order valence-electron chi connectivity index (χ4n) is 3.39. The summed E-state index contributed by atoms with van der Waals surface area (Å²) in [6, 6.07) is 9.35. The smallest absolute Gasteiger partial charge is 0.164 e. The zero-order valence-electron chi connectivity index (χ0n) is 14.3. The molecule has 148 valence electrons. The van der Waals surface area contributed by atoms with E-state index in [9.17, 15) is 12.8 Å². The Kier molecular flexibility index (Phi) is 5.70. The maximum atomic E-state index is 14.2. The second-order valence-electron chi connectivity index (χ2n) is 6.65. The van der Waals surface area contributed by atoms with E-state index in [1.54, 1.807) is 30.3 Å². The van der Waals surface area contributed by atoms with Crippen molar-refractivity contribution >= 4 is 71.6 Å². The molecule has 2 aromatic carbocycles. The molecule has 2 aromatic rings. The minimum absolute atomic E-state index is 0.0131. The van der Waals surface area contributed by atoms with Gasteiger partial charge < -0.3 is 4.90 Å². The summed E-state index contributed by atoms with van der Waals surface area (Å²) < 4.78 is 39.1. The van der Waals surface area contributed by atoms with Crippen LogP contribution in [0.4, 0.5) is 10.1 Å². The van der Waals surface area contributed by atoms with Crippen molar-refractivity contribution in [3.05, 3.63) is 62.3 Å². The van der Waals surface area contributed by atoms with Gasteiger partial charge in [-0.1, -0.05) is 57.0 Å². The molecule has 0 amide bonds. The van der Waals surface area contributed by atoms with Crippen molar-refractivity contribution in [1.82, 2.24) is 0 Å². The summed E-state index contributed by atoms with van der Waals surface area (Å²) in [5.41, 5.74) is 1.23. The lowest BCUT2D eigenvalue weighted by molar-refractivity contribution is 0.601. The topological polar surface area (TPSA) is 49.7 Å². The molecule has 28 heavy (non-hydrogen) atoms. The summed E-state index contributed by atoms with van der Waals surface area (Å²) >= 11 is 16.9. The number of hydrogen-bond donors (Lipinski definition) is 0. The fourth-order valence-corrected chi connectivity index (χ4v) is 7.20. The number of nitrogens with zero attached hydrogens (tertiary/aromatic N) is 2. The van der Waals surface area contributed by atoms with Crippen molar-refractivity contribution in [3.63, 3.8) is 0 Å². The highest BCUT2D eigenvalue weighted by Gasteiger charge is 2.47. The largest absolute Gasteiger partial charge is 0.315 e. The van der Waals surface area contributed by atoms with E-state index in [-0.39, 0.29) is 29.4 Å². The average molecular weight is 524 g/mol. The van der Waals surface area contributed by atoms with E-state index < -0.39 is 9.84 Å². The number of fused-ring (bicyclic) bond motifs is 1. The molecule has 0 saturated carbocycles. The molecule has 0 spiro atoms. The Labute approximate surface area is 185 Å². The van der Waals surface area contributed by atoms with Gasteiger partial charge in [0.15, 0.2) is 15.0 Å². The summed E-state index contributed by atoms with van der Waals surface area (Å²) in [6.07, 6.45) is 0. The molecule has 10 heteroatoms. The van der Waals surface area contributed by atoms with Gasteiger partial charge in [0.1, 0.15) is 5.82 Å². The van der Waals surface area contributed by atoms with Gasteiger partial charge in [0.05, 0.1) is 23.6 Å². The van der Waals surface area contributed by atoms with E-state index in [1.165, 1.54) is 17.8 Å². The molecule has 1 saturated heterocycles. The standard InChI is InChI=1S/C18H14BrCl2FN2O2S2/c19-11-2-1-10(15(22)3-11)7-27-18-23-16-8-28(25,26)9-17(16)24(18)14-5-12(20)4-13(21)6-14/h1-6,16-17H,7-9H2/t16-,17-/m0/s1. The van der Waals surface area contributed by atoms with Crippen LogP contribution in [0.15, 0.2) is 45.9 Å². The van der Waals surface area contributed by atoms with E-state index in [0.717, 1.165) is 0 Å². The van der Waals surface area contributed by atoms with Crippen LogP contribution in [0, 0.1) is 5.82 Å². The lowest BCUT2D eigenvalue weighted by atomic mass is 10.1. The van der Waals surface area contributed by atoms with Crippen molar-refractivity contribution in [2.45, 2.75) is 17.8 Å². The Bertz CT molecular complexity index is 1060. The fraction of sp³-hybridized carbons (Fsp3) is 0.278. The molecule has 1 fully saturated rings. The number of thioether (sulfide) groups is 1. The highest BCUT2D eigenvalue weighted by molar-refractivity contribution is 9.10. The van der Waals surface area contributed by atoms with Gasteiger partial charge in [-0.25, -0.2) is 12.8 Å². The molecule has 0 N–H and O–H groups in total. The molecule has 0 aliphatic carbocycles. The van der Waals surface area contributed by atoms with Gasteiger partial charge in [-0.05, 0) is 35.9 Å². The predicted molar refractivity (Wildman–Crippen MR) is 118 cm³/mol. The SMILES string of the molecule is O=S1(=O)C[C@@H]2N=C(SCc3ccc(Br)cc3F)N(c3cc(Cl)cc(Cl)c3)[C@H]2C1. The first-order valence-electron chi connectivity index (χ1n) is 8.32. The van der Waals surface area contributed by atoms with Crippen molar-refractivity contribution in [1.29, 1.82) is 0 Å². The normalized spacial score (nSPS) is 23.0. The van der Waals surface area contributed by atoms with Crippen LogP contribution >= 0.6 is 50.9 Å². The first kappa shape index (κ1) is 20.5. The molecule has 4 nitrogen and oxygen atoms in total. The number of aliphatic imine (C=N–C) groups is 1. The van der Waals surface area contributed by atoms with Gasteiger partial charge in [-0.15, -0.1) is 0 Å². The Morgan fingerprint density at radius 2 is 1.89 bits per heavy atom. The van der Waals surface area contributed by atoms with Gasteiger partial charge >= 0.3 is 0 Å². The molecule has 0 radical (unpaired) electrons. The van der Waals surface area contributed by atoms with Crippen LogP contribution in [0.5, 0.6) is 0 Å². The lowest BCUT2D eigenvalue weighted by Crippen LogP contribution is -2.39. The molecule has 0 bridgehead atoms. The van der Waals surface area contributed by atoms with Gasteiger partial charge in [0.2, 0.25) is 0 Å². The third-order valence-electron chi connectivity index (χ3n) is 4.60. The molecule has 2 heterocycles. The van der Waals surface area contributed by atoms with Gasteiger partial charge in [0, 0.05) is 26.0 Å². The van der Waals surface area contributed by atoms with Crippen molar-refractivity contribution in [2.24, 2.45) is 4.99 Å². The van der Waals surface area contributed by atoms with Crippen molar-refractivity contribution in [2.75, 3.05) is 16.4 Å². The molecule has 2 aliphatic heterocycles. The van der Waals surface area contributed by atoms with Gasteiger partial charge in [-0.3, -0.25) is 4.99 Å². The molecule has 2 aliphatic rings. The molecular weight excluding hydrogens is 510 g/mol. The third-order valence-corrected chi connectivity index (χ3v) is 8.25. The summed E-state index contributed by atoms with van der Waals surface area (Å²) in [6.45, 7) is 0. The zero-order valence-corrected chi connectivity index (χ0v) is 19.0. The number of halogens is 4. The molecule has 0 unspecified atom stereocenters. The van der Waals surface area contributed by atoms with E-state index >= 15 is 0 Å². The number of rotatable bonds is 3. The van der Waals surface area contributed by atoms with E-state index in [0.29, 0.717) is 36.7 Å². The second-order valence-corrected chi connectivity index (χ2v) is 11.5.